The second-order valence-electron chi connectivity index (χ2n) is 5.52. The third-order valence-electron chi connectivity index (χ3n) is 3.61. The number of hydrogen-bond acceptors (Lipinski definition) is 7. The van der Waals surface area contributed by atoms with E-state index < -0.39 is 0 Å². The molecule has 0 spiro atoms. The van der Waals surface area contributed by atoms with Crippen LogP contribution in [-0.2, 0) is 0 Å². The SMILES string of the molecule is COc1ccc(Nc2cc(NCCO)nc(-c3cccc(O)c3)n2)cc1. The zero-order valence-corrected chi connectivity index (χ0v) is 14.3. The smallest absolute Gasteiger partial charge is 0.163 e. The van der Waals surface area contributed by atoms with Crippen molar-refractivity contribution in [2.24, 2.45) is 0 Å². The summed E-state index contributed by atoms with van der Waals surface area (Å²) in [5, 5.41) is 25.0. The highest BCUT2D eigenvalue weighted by atomic mass is 16.5. The van der Waals surface area contributed by atoms with Crippen LogP contribution < -0.4 is 15.4 Å². The lowest BCUT2D eigenvalue weighted by atomic mass is 10.2. The molecule has 1 aromatic heterocycles. The number of nitrogens with one attached hydrogen (secondary N) is 2. The van der Waals surface area contributed by atoms with E-state index in [0.29, 0.717) is 29.6 Å². The van der Waals surface area contributed by atoms with Crippen LogP contribution in [0.1, 0.15) is 0 Å². The van der Waals surface area contributed by atoms with Crippen LogP contribution in [0.25, 0.3) is 11.4 Å². The van der Waals surface area contributed by atoms with Gasteiger partial charge in [0.2, 0.25) is 0 Å². The Labute approximate surface area is 151 Å². The van der Waals surface area contributed by atoms with Crippen LogP contribution in [0.2, 0.25) is 0 Å². The standard InChI is InChI=1S/C19H20N4O3/c1-26-16-7-5-14(6-8-16)21-18-12-17(20-9-10-24)22-19(23-18)13-3-2-4-15(25)11-13/h2-8,11-12,24-25H,9-10H2,1H3,(H2,20,21,22,23). The van der Waals surface area contributed by atoms with Crippen molar-refractivity contribution in [2.45, 2.75) is 0 Å². The molecule has 2 aromatic carbocycles. The number of phenols is 1. The summed E-state index contributed by atoms with van der Waals surface area (Å²) < 4.78 is 5.16. The summed E-state index contributed by atoms with van der Waals surface area (Å²) in [4.78, 5) is 8.97. The average molecular weight is 352 g/mol. The predicted octanol–water partition coefficient (Wildman–Crippen LogP) is 3.01. The first kappa shape index (κ1) is 17.5. The molecule has 0 amide bonds. The fraction of sp³-hybridized carbons (Fsp3) is 0.158. The highest BCUT2D eigenvalue weighted by molar-refractivity contribution is 5.66. The van der Waals surface area contributed by atoms with Crippen molar-refractivity contribution in [1.82, 2.24) is 9.97 Å². The number of aliphatic hydroxyl groups is 1. The Morgan fingerprint density at radius 3 is 2.46 bits per heavy atom. The van der Waals surface area contributed by atoms with Crippen molar-refractivity contribution in [3.8, 4) is 22.9 Å². The number of nitrogens with zero attached hydrogens (tertiary/aromatic N) is 2. The number of phenolic OH excluding ortho intramolecular Hbond substituents is 1. The number of aromatic nitrogens is 2. The molecule has 0 saturated heterocycles. The minimum absolute atomic E-state index is 0.00724. The number of benzene rings is 2. The van der Waals surface area contributed by atoms with Crippen LogP contribution in [0.3, 0.4) is 0 Å². The molecule has 0 radical (unpaired) electrons. The molecule has 26 heavy (non-hydrogen) atoms. The maximum absolute atomic E-state index is 9.71. The largest absolute Gasteiger partial charge is 0.508 e. The summed E-state index contributed by atoms with van der Waals surface area (Å²) in [5.41, 5.74) is 1.54. The van der Waals surface area contributed by atoms with Gasteiger partial charge in [0.05, 0.1) is 13.7 Å². The van der Waals surface area contributed by atoms with Crippen molar-refractivity contribution >= 4 is 17.3 Å². The third kappa shape index (κ3) is 4.40. The van der Waals surface area contributed by atoms with Gasteiger partial charge < -0.3 is 25.6 Å². The van der Waals surface area contributed by atoms with Crippen LogP contribution in [0, 0.1) is 0 Å². The molecule has 0 atom stereocenters. The molecule has 3 aromatic rings. The Morgan fingerprint density at radius 2 is 1.77 bits per heavy atom. The van der Waals surface area contributed by atoms with Gasteiger partial charge in [-0.25, -0.2) is 9.97 Å². The Kier molecular flexibility index (Phi) is 5.50. The summed E-state index contributed by atoms with van der Waals surface area (Å²) in [6.45, 7) is 0.366. The number of aromatic hydroxyl groups is 1. The summed E-state index contributed by atoms with van der Waals surface area (Å²) in [6, 6.07) is 16.0. The van der Waals surface area contributed by atoms with Crippen LogP contribution in [-0.4, -0.2) is 40.4 Å². The molecule has 0 aliphatic heterocycles. The first-order chi connectivity index (χ1) is 12.7. The van der Waals surface area contributed by atoms with Gasteiger partial charge in [-0.3, -0.25) is 0 Å². The number of anilines is 3. The molecule has 0 aliphatic rings. The van der Waals surface area contributed by atoms with E-state index in [2.05, 4.69) is 20.6 Å². The van der Waals surface area contributed by atoms with E-state index in [-0.39, 0.29) is 12.4 Å². The van der Waals surface area contributed by atoms with Crippen LogP contribution in [0.15, 0.2) is 54.6 Å². The number of ether oxygens (including phenoxy) is 1. The molecule has 0 bridgehead atoms. The zero-order valence-electron chi connectivity index (χ0n) is 14.3. The topological polar surface area (TPSA) is 99.5 Å². The molecule has 4 N–H and O–H groups in total. The van der Waals surface area contributed by atoms with Gasteiger partial charge in [-0.15, -0.1) is 0 Å². The molecule has 7 heteroatoms. The highest BCUT2D eigenvalue weighted by Crippen LogP contribution is 2.25. The summed E-state index contributed by atoms with van der Waals surface area (Å²) in [5.74, 6) is 2.53. The van der Waals surface area contributed by atoms with Crippen molar-refractivity contribution in [2.75, 3.05) is 30.9 Å². The number of hydrogen-bond donors (Lipinski definition) is 4. The Morgan fingerprint density at radius 1 is 1.00 bits per heavy atom. The molecule has 134 valence electrons. The first-order valence-corrected chi connectivity index (χ1v) is 8.12. The molecule has 7 nitrogen and oxygen atoms in total. The third-order valence-corrected chi connectivity index (χ3v) is 3.61. The lowest BCUT2D eigenvalue weighted by Crippen LogP contribution is -2.09. The van der Waals surface area contributed by atoms with E-state index in [9.17, 15) is 5.11 Å². The monoisotopic (exact) mass is 352 g/mol. The van der Waals surface area contributed by atoms with E-state index >= 15 is 0 Å². The molecular formula is C19H20N4O3. The molecule has 0 fully saturated rings. The zero-order chi connectivity index (χ0) is 18.4. The fourth-order valence-electron chi connectivity index (χ4n) is 2.38. The Hall–Kier alpha value is -3.32. The Balaban J connectivity index is 1.93. The lowest BCUT2D eigenvalue weighted by molar-refractivity contribution is 0.311. The molecule has 1 heterocycles. The van der Waals surface area contributed by atoms with Gasteiger partial charge in [0.15, 0.2) is 5.82 Å². The van der Waals surface area contributed by atoms with Crippen molar-refractivity contribution in [3.05, 3.63) is 54.6 Å². The van der Waals surface area contributed by atoms with Crippen LogP contribution in [0.4, 0.5) is 17.3 Å². The Bertz CT molecular complexity index is 869. The van der Waals surface area contributed by atoms with E-state index in [4.69, 9.17) is 9.84 Å². The van der Waals surface area contributed by atoms with Crippen LogP contribution >= 0.6 is 0 Å². The highest BCUT2D eigenvalue weighted by Gasteiger charge is 2.08. The van der Waals surface area contributed by atoms with Crippen molar-refractivity contribution in [3.63, 3.8) is 0 Å². The number of rotatable bonds is 7. The molecule has 0 aliphatic carbocycles. The molecule has 0 unspecified atom stereocenters. The summed E-state index contributed by atoms with van der Waals surface area (Å²) in [7, 11) is 1.62. The minimum Gasteiger partial charge on any atom is -0.508 e. The molecule has 0 saturated carbocycles. The second kappa shape index (κ2) is 8.17. The second-order valence-corrected chi connectivity index (χ2v) is 5.52. The van der Waals surface area contributed by atoms with Crippen molar-refractivity contribution < 1.29 is 14.9 Å². The van der Waals surface area contributed by atoms with Gasteiger partial charge >= 0.3 is 0 Å². The minimum atomic E-state index is -0.00724. The van der Waals surface area contributed by atoms with Gasteiger partial charge in [-0.2, -0.15) is 0 Å². The van der Waals surface area contributed by atoms with Gasteiger partial charge in [-0.05, 0) is 36.4 Å². The number of aliphatic hydroxyl groups excluding tert-OH is 1. The van der Waals surface area contributed by atoms with E-state index in [1.54, 1.807) is 31.4 Å². The van der Waals surface area contributed by atoms with Gasteiger partial charge in [0.25, 0.3) is 0 Å². The maximum Gasteiger partial charge on any atom is 0.163 e. The number of methoxy groups -OCH3 is 1. The summed E-state index contributed by atoms with van der Waals surface area (Å²) in [6.07, 6.45) is 0. The normalized spacial score (nSPS) is 10.4. The fourth-order valence-corrected chi connectivity index (χ4v) is 2.38. The predicted molar refractivity (Wildman–Crippen MR) is 101 cm³/mol. The van der Waals surface area contributed by atoms with E-state index in [1.807, 2.05) is 30.3 Å². The molecular weight excluding hydrogens is 332 g/mol. The van der Waals surface area contributed by atoms with Crippen LogP contribution in [0.5, 0.6) is 11.5 Å². The first-order valence-electron chi connectivity index (χ1n) is 8.12. The average Bonchev–Trinajstić information content (AvgIpc) is 2.67. The lowest BCUT2D eigenvalue weighted by Gasteiger charge is -2.12. The summed E-state index contributed by atoms with van der Waals surface area (Å²) >= 11 is 0. The van der Waals surface area contributed by atoms with Crippen molar-refractivity contribution in [1.29, 1.82) is 0 Å². The maximum atomic E-state index is 9.71. The van der Waals surface area contributed by atoms with Gasteiger partial charge in [0, 0.05) is 23.9 Å². The van der Waals surface area contributed by atoms with E-state index in [0.717, 1.165) is 11.4 Å². The van der Waals surface area contributed by atoms with E-state index in [1.165, 1.54) is 0 Å². The van der Waals surface area contributed by atoms with Gasteiger partial charge in [-0.1, -0.05) is 12.1 Å². The van der Waals surface area contributed by atoms with Gasteiger partial charge in [0.1, 0.15) is 23.1 Å². The molecule has 3 rings (SSSR count). The quantitative estimate of drug-likeness (QED) is 0.519.